The highest BCUT2D eigenvalue weighted by molar-refractivity contribution is 5.44. The Morgan fingerprint density at radius 1 is 1.00 bits per heavy atom. The van der Waals surface area contributed by atoms with E-state index in [9.17, 15) is 10.1 Å². The molecule has 4 N–H and O–H groups in total. The lowest BCUT2D eigenvalue weighted by atomic mass is 10.3. The van der Waals surface area contributed by atoms with Crippen LogP contribution in [0.4, 0.5) is 11.4 Å². The number of nitrogens with zero attached hydrogens (tertiary/aromatic N) is 1. The van der Waals surface area contributed by atoms with E-state index in [2.05, 4.69) is 4.84 Å². The molecule has 0 aliphatic carbocycles. The number of rotatable bonds is 2. The van der Waals surface area contributed by atoms with Gasteiger partial charge in [0.05, 0.1) is 4.92 Å². The molecule has 0 heterocycles. The molecule has 0 saturated carbocycles. The van der Waals surface area contributed by atoms with Crippen LogP contribution < -0.4 is 16.5 Å². The van der Waals surface area contributed by atoms with Crippen LogP contribution in [0.15, 0.2) is 54.6 Å². The van der Waals surface area contributed by atoms with Crippen molar-refractivity contribution >= 4 is 11.4 Å². The van der Waals surface area contributed by atoms with Crippen molar-refractivity contribution in [2.45, 2.75) is 0 Å². The van der Waals surface area contributed by atoms with Crippen LogP contribution in [0.3, 0.4) is 0 Å². The van der Waals surface area contributed by atoms with E-state index in [1.165, 1.54) is 24.3 Å². The molecule has 2 aromatic rings. The second-order valence-corrected chi connectivity index (χ2v) is 3.28. The maximum atomic E-state index is 10.1. The van der Waals surface area contributed by atoms with Gasteiger partial charge in [0.2, 0.25) is 0 Å². The van der Waals surface area contributed by atoms with Gasteiger partial charge in [-0.15, -0.1) is 0 Å². The van der Waals surface area contributed by atoms with Gasteiger partial charge in [-0.25, -0.2) is 0 Å². The largest absolute Gasteiger partial charge is 0.412 e. The van der Waals surface area contributed by atoms with Crippen LogP contribution in [0.2, 0.25) is 0 Å². The fraction of sp³-hybridized carbons (Fsp3) is 0. The zero-order valence-corrected chi connectivity index (χ0v) is 9.52. The van der Waals surface area contributed by atoms with Crippen LogP contribution in [0, 0.1) is 10.1 Å². The molecule has 0 aliphatic heterocycles. The Balaban J connectivity index is 0.000000184. The SMILES string of the molecule is NOc1ccccc1.Nc1ccc([N+](=O)[O-])cc1. The molecule has 0 spiro atoms. The van der Waals surface area contributed by atoms with Gasteiger partial charge in [0, 0.05) is 17.8 Å². The number of nitrogens with two attached hydrogens (primary N) is 2. The molecule has 0 aromatic heterocycles. The quantitative estimate of drug-likeness (QED) is 0.480. The molecule has 6 heteroatoms. The second-order valence-electron chi connectivity index (χ2n) is 3.28. The zero-order valence-electron chi connectivity index (χ0n) is 9.52. The van der Waals surface area contributed by atoms with Crippen molar-refractivity contribution in [1.29, 1.82) is 0 Å². The molecule has 94 valence electrons. The first kappa shape index (κ1) is 13.5. The van der Waals surface area contributed by atoms with Gasteiger partial charge in [-0.2, -0.15) is 5.90 Å². The first-order valence-corrected chi connectivity index (χ1v) is 5.05. The molecular weight excluding hydrogens is 234 g/mol. The van der Waals surface area contributed by atoms with Gasteiger partial charge in [0.25, 0.3) is 5.69 Å². The molecular formula is C12H13N3O3. The van der Waals surface area contributed by atoms with Gasteiger partial charge < -0.3 is 10.6 Å². The van der Waals surface area contributed by atoms with Crippen LogP contribution in [0.25, 0.3) is 0 Å². The maximum absolute atomic E-state index is 10.1. The summed E-state index contributed by atoms with van der Waals surface area (Å²) >= 11 is 0. The number of anilines is 1. The van der Waals surface area contributed by atoms with Crippen molar-refractivity contribution in [2.75, 3.05) is 5.73 Å². The Morgan fingerprint density at radius 3 is 1.94 bits per heavy atom. The summed E-state index contributed by atoms with van der Waals surface area (Å²) in [5, 5.41) is 10.1. The van der Waals surface area contributed by atoms with E-state index in [-0.39, 0.29) is 5.69 Å². The number of hydrogen-bond acceptors (Lipinski definition) is 5. The molecule has 0 unspecified atom stereocenters. The summed E-state index contributed by atoms with van der Waals surface area (Å²) in [5.74, 6) is 5.54. The van der Waals surface area contributed by atoms with Crippen LogP contribution in [0.5, 0.6) is 5.75 Å². The minimum atomic E-state index is -0.459. The second kappa shape index (κ2) is 6.87. The van der Waals surface area contributed by atoms with E-state index in [0.29, 0.717) is 11.4 Å². The van der Waals surface area contributed by atoms with E-state index in [1.54, 1.807) is 12.1 Å². The smallest absolute Gasteiger partial charge is 0.269 e. The fourth-order valence-electron chi connectivity index (χ4n) is 1.10. The Labute approximate surface area is 104 Å². The fourth-order valence-corrected chi connectivity index (χ4v) is 1.10. The molecule has 6 nitrogen and oxygen atoms in total. The molecule has 0 fully saturated rings. The predicted octanol–water partition coefficient (Wildman–Crippen LogP) is 2.12. The van der Waals surface area contributed by atoms with Crippen LogP contribution in [0.1, 0.15) is 0 Å². The minimum absolute atomic E-state index is 0.0641. The van der Waals surface area contributed by atoms with Crippen molar-refractivity contribution in [1.82, 2.24) is 0 Å². The number of nitro benzene ring substituents is 1. The Bertz CT molecular complexity index is 486. The topological polar surface area (TPSA) is 104 Å². The van der Waals surface area contributed by atoms with Crippen LogP contribution >= 0.6 is 0 Å². The maximum Gasteiger partial charge on any atom is 0.269 e. The molecule has 0 bridgehead atoms. The first-order valence-electron chi connectivity index (χ1n) is 5.05. The predicted molar refractivity (Wildman–Crippen MR) is 68.8 cm³/mol. The van der Waals surface area contributed by atoms with E-state index in [1.807, 2.05) is 18.2 Å². The van der Waals surface area contributed by atoms with Crippen molar-refractivity contribution < 1.29 is 9.76 Å². The summed E-state index contributed by atoms with van der Waals surface area (Å²) in [7, 11) is 0. The number of non-ortho nitro benzene ring substituents is 1. The average Bonchev–Trinajstić information content (AvgIpc) is 2.41. The van der Waals surface area contributed by atoms with Gasteiger partial charge in [0.1, 0.15) is 5.75 Å². The average molecular weight is 247 g/mol. The van der Waals surface area contributed by atoms with Gasteiger partial charge >= 0.3 is 0 Å². The lowest BCUT2D eigenvalue weighted by Gasteiger charge is -1.92. The Morgan fingerprint density at radius 2 is 1.56 bits per heavy atom. The molecule has 0 amide bonds. The Hall–Kier alpha value is -2.60. The standard InChI is InChI=1S/C6H6N2O2.C6H7NO/c7-5-1-3-6(4-2-5)8(9)10;7-8-6-4-2-1-3-5-6/h1-4H,7H2;1-5H,7H2. The van der Waals surface area contributed by atoms with Crippen molar-refractivity contribution in [3.05, 3.63) is 64.7 Å². The normalized spacial score (nSPS) is 8.94. The van der Waals surface area contributed by atoms with E-state index >= 15 is 0 Å². The third-order valence-electron chi connectivity index (χ3n) is 1.98. The summed E-state index contributed by atoms with van der Waals surface area (Å²) in [6.45, 7) is 0. The van der Waals surface area contributed by atoms with Gasteiger partial charge in [-0.05, 0) is 24.3 Å². The number of nitro groups is 1. The third kappa shape index (κ3) is 4.50. The van der Waals surface area contributed by atoms with Gasteiger partial charge in [-0.3, -0.25) is 10.1 Å². The zero-order chi connectivity index (χ0) is 13.4. The molecule has 0 aliphatic rings. The van der Waals surface area contributed by atoms with Gasteiger partial charge in [0.15, 0.2) is 0 Å². The Kier molecular flexibility index (Phi) is 5.14. The molecule has 0 radical (unpaired) electrons. The van der Waals surface area contributed by atoms with Crippen molar-refractivity contribution in [3.63, 3.8) is 0 Å². The van der Waals surface area contributed by atoms with Crippen LogP contribution in [-0.4, -0.2) is 4.92 Å². The molecule has 18 heavy (non-hydrogen) atoms. The van der Waals surface area contributed by atoms with Crippen molar-refractivity contribution in [2.24, 2.45) is 5.90 Å². The summed E-state index contributed by atoms with van der Waals surface area (Å²) < 4.78 is 0. The number of hydrogen-bond donors (Lipinski definition) is 2. The third-order valence-corrected chi connectivity index (χ3v) is 1.98. The highest BCUT2D eigenvalue weighted by Gasteiger charge is 2.00. The number of nitrogen functional groups attached to an aromatic ring is 1. The number of benzene rings is 2. The molecule has 2 rings (SSSR count). The minimum Gasteiger partial charge on any atom is -0.412 e. The van der Waals surface area contributed by atoms with Crippen molar-refractivity contribution in [3.8, 4) is 5.75 Å². The van der Waals surface area contributed by atoms with E-state index < -0.39 is 4.92 Å². The highest BCUT2D eigenvalue weighted by Crippen LogP contribution is 2.12. The summed E-state index contributed by atoms with van der Waals surface area (Å²) in [5.41, 5.74) is 5.90. The summed E-state index contributed by atoms with van der Waals surface area (Å²) in [4.78, 5) is 14.0. The summed E-state index contributed by atoms with van der Waals surface area (Å²) in [6.07, 6.45) is 0. The van der Waals surface area contributed by atoms with Crippen LogP contribution in [-0.2, 0) is 0 Å². The molecule has 2 aromatic carbocycles. The monoisotopic (exact) mass is 247 g/mol. The molecule has 0 saturated heterocycles. The first-order chi connectivity index (χ1) is 8.63. The van der Waals surface area contributed by atoms with Gasteiger partial charge in [-0.1, -0.05) is 18.2 Å². The lowest BCUT2D eigenvalue weighted by Crippen LogP contribution is -2.00. The highest BCUT2D eigenvalue weighted by atomic mass is 16.6. The lowest BCUT2D eigenvalue weighted by molar-refractivity contribution is -0.384. The summed E-state index contributed by atoms with van der Waals surface area (Å²) in [6, 6.07) is 15.0. The molecule has 0 atom stereocenters. The number of para-hydroxylation sites is 1. The van der Waals surface area contributed by atoms with E-state index in [4.69, 9.17) is 11.6 Å². The van der Waals surface area contributed by atoms with E-state index in [0.717, 1.165) is 0 Å².